The molecule has 0 aliphatic carbocycles. The molecule has 0 saturated carbocycles. The van der Waals surface area contributed by atoms with Crippen LogP contribution >= 0.6 is 0 Å². The molecule has 2 rings (SSSR count). The predicted octanol–water partition coefficient (Wildman–Crippen LogP) is 2.74. The quantitative estimate of drug-likeness (QED) is 0.706. The van der Waals surface area contributed by atoms with Gasteiger partial charge in [-0.2, -0.15) is 5.26 Å². The Labute approximate surface area is 88.3 Å². The van der Waals surface area contributed by atoms with Crippen molar-refractivity contribution in [1.29, 1.82) is 5.26 Å². The SMILES string of the molecule is Cc1ccc(F)c(C2OCCC2C#N)c1. The van der Waals surface area contributed by atoms with Crippen molar-refractivity contribution in [2.75, 3.05) is 6.61 Å². The molecule has 2 unspecified atom stereocenters. The van der Waals surface area contributed by atoms with Gasteiger partial charge in [0.1, 0.15) is 11.9 Å². The second kappa shape index (κ2) is 4.00. The molecule has 1 aliphatic rings. The van der Waals surface area contributed by atoms with Gasteiger partial charge in [-0.1, -0.05) is 17.7 Å². The van der Waals surface area contributed by atoms with Crippen LogP contribution in [0.3, 0.4) is 0 Å². The molecule has 0 radical (unpaired) electrons. The molecule has 2 atom stereocenters. The number of aryl methyl sites for hydroxylation is 1. The fourth-order valence-corrected chi connectivity index (χ4v) is 1.91. The maximum atomic E-state index is 13.5. The van der Waals surface area contributed by atoms with Gasteiger partial charge in [-0.3, -0.25) is 0 Å². The maximum Gasteiger partial charge on any atom is 0.129 e. The van der Waals surface area contributed by atoms with E-state index in [2.05, 4.69) is 6.07 Å². The molecule has 1 fully saturated rings. The van der Waals surface area contributed by atoms with Gasteiger partial charge < -0.3 is 4.74 Å². The molecule has 1 saturated heterocycles. The summed E-state index contributed by atoms with van der Waals surface area (Å²) < 4.78 is 19.0. The number of hydrogen-bond donors (Lipinski definition) is 0. The lowest BCUT2D eigenvalue weighted by atomic mass is 9.95. The summed E-state index contributed by atoms with van der Waals surface area (Å²) in [6.07, 6.45) is 0.295. The van der Waals surface area contributed by atoms with Gasteiger partial charge in [0.2, 0.25) is 0 Å². The standard InChI is InChI=1S/C12H12FNO/c1-8-2-3-11(13)10(6-8)12-9(7-14)4-5-15-12/h2-3,6,9,12H,4-5H2,1H3. The Hall–Kier alpha value is -1.40. The molecule has 1 heterocycles. The highest BCUT2D eigenvalue weighted by molar-refractivity contribution is 5.28. The van der Waals surface area contributed by atoms with Gasteiger partial charge in [0.15, 0.2) is 0 Å². The number of rotatable bonds is 1. The predicted molar refractivity (Wildman–Crippen MR) is 53.6 cm³/mol. The summed E-state index contributed by atoms with van der Waals surface area (Å²) in [6, 6.07) is 7.08. The normalized spacial score (nSPS) is 25.1. The number of benzene rings is 1. The zero-order valence-corrected chi connectivity index (χ0v) is 8.53. The first-order chi connectivity index (χ1) is 7.22. The molecule has 0 bridgehead atoms. The molecule has 0 amide bonds. The van der Waals surface area contributed by atoms with Crippen LogP contribution in [-0.2, 0) is 4.74 Å². The third-order valence-corrected chi connectivity index (χ3v) is 2.72. The summed E-state index contributed by atoms with van der Waals surface area (Å²) in [5.74, 6) is -0.506. The summed E-state index contributed by atoms with van der Waals surface area (Å²) in [5, 5.41) is 8.91. The van der Waals surface area contributed by atoms with Crippen LogP contribution in [0, 0.1) is 30.0 Å². The van der Waals surface area contributed by atoms with Crippen LogP contribution in [0.1, 0.15) is 23.7 Å². The Kier molecular flexibility index (Phi) is 2.70. The number of nitriles is 1. The van der Waals surface area contributed by atoms with E-state index in [1.165, 1.54) is 6.07 Å². The van der Waals surface area contributed by atoms with Crippen LogP contribution in [0.5, 0.6) is 0 Å². The lowest BCUT2D eigenvalue weighted by Gasteiger charge is -2.14. The molecule has 1 aromatic carbocycles. The smallest absolute Gasteiger partial charge is 0.129 e. The van der Waals surface area contributed by atoms with E-state index >= 15 is 0 Å². The van der Waals surface area contributed by atoms with E-state index in [0.717, 1.165) is 5.56 Å². The Balaban J connectivity index is 2.36. The Morgan fingerprint density at radius 3 is 3.07 bits per heavy atom. The molecule has 2 nitrogen and oxygen atoms in total. The number of hydrogen-bond acceptors (Lipinski definition) is 2. The maximum absolute atomic E-state index is 13.5. The van der Waals surface area contributed by atoms with Crippen LogP contribution in [-0.4, -0.2) is 6.61 Å². The second-order valence-electron chi connectivity index (χ2n) is 3.84. The highest BCUT2D eigenvalue weighted by atomic mass is 19.1. The average molecular weight is 205 g/mol. The highest BCUT2D eigenvalue weighted by Gasteiger charge is 2.31. The number of ether oxygens (including phenoxy) is 1. The number of halogens is 1. The van der Waals surface area contributed by atoms with Crippen molar-refractivity contribution in [1.82, 2.24) is 0 Å². The molecule has 78 valence electrons. The Morgan fingerprint density at radius 2 is 2.33 bits per heavy atom. The summed E-state index contributed by atoms with van der Waals surface area (Å²) in [5.41, 5.74) is 1.50. The molecular formula is C12H12FNO. The summed E-state index contributed by atoms with van der Waals surface area (Å²) in [6.45, 7) is 2.44. The van der Waals surface area contributed by atoms with E-state index in [1.807, 2.05) is 6.92 Å². The van der Waals surface area contributed by atoms with Crippen molar-refractivity contribution in [2.45, 2.75) is 19.4 Å². The first kappa shape index (κ1) is 10.1. The van der Waals surface area contributed by atoms with Crippen molar-refractivity contribution >= 4 is 0 Å². The Morgan fingerprint density at radius 1 is 1.53 bits per heavy atom. The zero-order valence-electron chi connectivity index (χ0n) is 8.53. The van der Waals surface area contributed by atoms with Gasteiger partial charge in [0, 0.05) is 12.2 Å². The third kappa shape index (κ3) is 1.86. The molecule has 0 spiro atoms. The van der Waals surface area contributed by atoms with Gasteiger partial charge >= 0.3 is 0 Å². The van der Waals surface area contributed by atoms with E-state index in [1.54, 1.807) is 12.1 Å². The van der Waals surface area contributed by atoms with Crippen LogP contribution in [0.25, 0.3) is 0 Å². The first-order valence-electron chi connectivity index (χ1n) is 4.99. The molecule has 15 heavy (non-hydrogen) atoms. The average Bonchev–Trinajstić information content (AvgIpc) is 2.69. The minimum Gasteiger partial charge on any atom is -0.372 e. The van der Waals surface area contributed by atoms with Gasteiger partial charge in [0.25, 0.3) is 0 Å². The van der Waals surface area contributed by atoms with Crippen molar-refractivity contribution in [3.8, 4) is 6.07 Å². The van der Waals surface area contributed by atoms with E-state index in [0.29, 0.717) is 18.6 Å². The van der Waals surface area contributed by atoms with Crippen molar-refractivity contribution < 1.29 is 9.13 Å². The molecule has 3 heteroatoms. The van der Waals surface area contributed by atoms with Gasteiger partial charge in [-0.15, -0.1) is 0 Å². The van der Waals surface area contributed by atoms with Crippen LogP contribution in [0.15, 0.2) is 18.2 Å². The monoisotopic (exact) mass is 205 g/mol. The molecule has 1 aliphatic heterocycles. The first-order valence-corrected chi connectivity index (χ1v) is 4.99. The van der Waals surface area contributed by atoms with Crippen LogP contribution in [0.4, 0.5) is 4.39 Å². The minimum atomic E-state index is -0.394. The summed E-state index contributed by atoms with van der Waals surface area (Å²) in [7, 11) is 0. The van der Waals surface area contributed by atoms with Gasteiger partial charge in [-0.25, -0.2) is 4.39 Å². The Bertz CT molecular complexity index is 411. The fraction of sp³-hybridized carbons (Fsp3) is 0.417. The lowest BCUT2D eigenvalue weighted by Crippen LogP contribution is -2.07. The zero-order chi connectivity index (χ0) is 10.8. The minimum absolute atomic E-state index is 0.221. The third-order valence-electron chi connectivity index (χ3n) is 2.72. The summed E-state index contributed by atoms with van der Waals surface area (Å²) in [4.78, 5) is 0. The topological polar surface area (TPSA) is 33.0 Å². The van der Waals surface area contributed by atoms with Gasteiger partial charge in [-0.05, 0) is 19.4 Å². The highest BCUT2D eigenvalue weighted by Crippen LogP contribution is 2.35. The second-order valence-corrected chi connectivity index (χ2v) is 3.84. The van der Waals surface area contributed by atoms with Crippen molar-refractivity contribution in [2.24, 2.45) is 5.92 Å². The largest absolute Gasteiger partial charge is 0.372 e. The van der Waals surface area contributed by atoms with Crippen LogP contribution < -0.4 is 0 Å². The molecule has 0 N–H and O–H groups in total. The van der Waals surface area contributed by atoms with E-state index < -0.39 is 6.10 Å². The van der Waals surface area contributed by atoms with E-state index in [-0.39, 0.29) is 11.7 Å². The fourth-order valence-electron chi connectivity index (χ4n) is 1.91. The van der Waals surface area contributed by atoms with Crippen molar-refractivity contribution in [3.05, 3.63) is 35.1 Å². The lowest BCUT2D eigenvalue weighted by molar-refractivity contribution is 0.0976. The van der Waals surface area contributed by atoms with Gasteiger partial charge in [0.05, 0.1) is 12.0 Å². The van der Waals surface area contributed by atoms with E-state index in [9.17, 15) is 4.39 Å². The molecule has 0 aromatic heterocycles. The van der Waals surface area contributed by atoms with Crippen molar-refractivity contribution in [3.63, 3.8) is 0 Å². The summed E-state index contributed by atoms with van der Waals surface area (Å²) >= 11 is 0. The van der Waals surface area contributed by atoms with E-state index in [4.69, 9.17) is 10.00 Å². The molecular weight excluding hydrogens is 193 g/mol. The number of nitrogens with zero attached hydrogens (tertiary/aromatic N) is 1. The molecule has 1 aromatic rings. The van der Waals surface area contributed by atoms with Crippen LogP contribution in [0.2, 0.25) is 0 Å².